The second-order valence-corrected chi connectivity index (χ2v) is 6.26. The Morgan fingerprint density at radius 1 is 0.958 bits per heavy atom. The third kappa shape index (κ3) is 5.67. The molecule has 1 atom stereocenters. The van der Waals surface area contributed by atoms with Gasteiger partial charge < -0.3 is 4.90 Å². The second kappa shape index (κ2) is 9.68. The molecule has 1 heterocycles. The maximum atomic E-state index is 9.22. The minimum atomic E-state index is -0.0465. The van der Waals surface area contributed by atoms with E-state index >= 15 is 0 Å². The molecular formula is C19H23N5. The van der Waals surface area contributed by atoms with E-state index < -0.39 is 0 Å². The number of nitriles is 3. The molecule has 2 rings (SSSR count). The summed E-state index contributed by atoms with van der Waals surface area (Å²) in [6.07, 6.45) is 2.21. The quantitative estimate of drug-likeness (QED) is 0.804. The van der Waals surface area contributed by atoms with Gasteiger partial charge in [-0.05, 0) is 43.6 Å². The fraction of sp³-hybridized carbons (Fsp3) is 0.526. The fourth-order valence-corrected chi connectivity index (χ4v) is 3.06. The summed E-state index contributed by atoms with van der Waals surface area (Å²) >= 11 is 0. The van der Waals surface area contributed by atoms with Gasteiger partial charge >= 0.3 is 0 Å². The van der Waals surface area contributed by atoms with Gasteiger partial charge in [0.05, 0.1) is 29.7 Å². The van der Waals surface area contributed by atoms with Gasteiger partial charge in [-0.1, -0.05) is 12.1 Å². The Morgan fingerprint density at radius 3 is 2.33 bits per heavy atom. The summed E-state index contributed by atoms with van der Waals surface area (Å²) in [5.41, 5.74) is 1.92. The molecule has 0 unspecified atom stereocenters. The average Bonchev–Trinajstić information content (AvgIpc) is 2.84. The standard InChI is InChI=1S/C19H23N5/c20-8-1-3-19(14-22)16-24-10-2-9-23(11-12-24)15-18-6-4-17(13-21)5-7-18/h4-7,19H,1-3,9-12,15-16H2/t19-/m1/s1. The van der Waals surface area contributed by atoms with Crippen molar-refractivity contribution in [1.82, 2.24) is 9.80 Å². The summed E-state index contributed by atoms with van der Waals surface area (Å²) in [6, 6.07) is 14.4. The molecule has 0 amide bonds. The van der Waals surface area contributed by atoms with E-state index in [0.717, 1.165) is 45.7 Å². The van der Waals surface area contributed by atoms with Crippen LogP contribution in [0.4, 0.5) is 0 Å². The van der Waals surface area contributed by atoms with Gasteiger partial charge in [-0.25, -0.2) is 0 Å². The number of benzene rings is 1. The molecule has 0 spiro atoms. The highest BCUT2D eigenvalue weighted by Gasteiger charge is 2.18. The molecule has 24 heavy (non-hydrogen) atoms. The van der Waals surface area contributed by atoms with Crippen LogP contribution in [-0.4, -0.2) is 42.5 Å². The summed E-state index contributed by atoms with van der Waals surface area (Å²) in [4.78, 5) is 4.78. The molecule has 5 heteroatoms. The molecule has 1 aromatic rings. The summed E-state index contributed by atoms with van der Waals surface area (Å²) in [5, 5.41) is 26.8. The zero-order valence-corrected chi connectivity index (χ0v) is 14.0. The Hall–Kier alpha value is -2.39. The predicted molar refractivity (Wildman–Crippen MR) is 91.4 cm³/mol. The summed E-state index contributed by atoms with van der Waals surface area (Å²) < 4.78 is 0. The smallest absolute Gasteiger partial charge is 0.0991 e. The number of hydrogen-bond acceptors (Lipinski definition) is 5. The van der Waals surface area contributed by atoms with Gasteiger partial charge in [0.25, 0.3) is 0 Å². The highest BCUT2D eigenvalue weighted by Crippen LogP contribution is 2.13. The van der Waals surface area contributed by atoms with Crippen LogP contribution in [0.5, 0.6) is 0 Å². The molecule has 1 fully saturated rings. The van der Waals surface area contributed by atoms with Crippen molar-refractivity contribution in [1.29, 1.82) is 15.8 Å². The van der Waals surface area contributed by atoms with Crippen LogP contribution in [0.15, 0.2) is 24.3 Å². The maximum absolute atomic E-state index is 9.22. The summed E-state index contributed by atoms with van der Waals surface area (Å²) in [7, 11) is 0. The van der Waals surface area contributed by atoms with Gasteiger partial charge in [0.1, 0.15) is 0 Å². The lowest BCUT2D eigenvalue weighted by Crippen LogP contribution is -2.33. The van der Waals surface area contributed by atoms with Crippen LogP contribution in [0.25, 0.3) is 0 Å². The van der Waals surface area contributed by atoms with Gasteiger partial charge in [0.2, 0.25) is 0 Å². The minimum absolute atomic E-state index is 0.0465. The van der Waals surface area contributed by atoms with Crippen LogP contribution in [-0.2, 0) is 6.54 Å². The van der Waals surface area contributed by atoms with Crippen molar-refractivity contribution < 1.29 is 0 Å². The van der Waals surface area contributed by atoms with Gasteiger partial charge in [-0.3, -0.25) is 4.90 Å². The van der Waals surface area contributed by atoms with Gasteiger partial charge in [0.15, 0.2) is 0 Å². The molecule has 1 aliphatic heterocycles. The molecule has 0 radical (unpaired) electrons. The molecule has 1 saturated heterocycles. The van der Waals surface area contributed by atoms with Crippen molar-refractivity contribution in [3.05, 3.63) is 35.4 Å². The number of rotatable bonds is 6. The largest absolute Gasteiger partial charge is 0.301 e. The first-order valence-electron chi connectivity index (χ1n) is 8.45. The molecule has 0 aromatic heterocycles. The highest BCUT2D eigenvalue weighted by molar-refractivity contribution is 5.31. The normalized spacial score (nSPS) is 17.2. The van der Waals surface area contributed by atoms with Crippen LogP contribution in [0.1, 0.15) is 30.4 Å². The van der Waals surface area contributed by atoms with Crippen LogP contribution in [0, 0.1) is 39.9 Å². The van der Waals surface area contributed by atoms with Crippen molar-refractivity contribution in [3.63, 3.8) is 0 Å². The van der Waals surface area contributed by atoms with Crippen molar-refractivity contribution in [2.75, 3.05) is 32.7 Å². The fourth-order valence-electron chi connectivity index (χ4n) is 3.06. The first-order chi connectivity index (χ1) is 11.7. The molecule has 124 valence electrons. The third-order valence-corrected chi connectivity index (χ3v) is 4.44. The second-order valence-electron chi connectivity index (χ2n) is 6.26. The van der Waals surface area contributed by atoms with Gasteiger partial charge in [-0.2, -0.15) is 15.8 Å². The van der Waals surface area contributed by atoms with Crippen molar-refractivity contribution in [2.45, 2.75) is 25.8 Å². The Balaban J connectivity index is 1.82. The van der Waals surface area contributed by atoms with Crippen molar-refractivity contribution in [2.24, 2.45) is 5.92 Å². The van der Waals surface area contributed by atoms with Crippen LogP contribution < -0.4 is 0 Å². The van der Waals surface area contributed by atoms with E-state index in [2.05, 4.69) is 28.0 Å². The molecule has 0 N–H and O–H groups in total. The lowest BCUT2D eigenvalue weighted by molar-refractivity contribution is 0.236. The van der Waals surface area contributed by atoms with Crippen LogP contribution >= 0.6 is 0 Å². The SMILES string of the molecule is N#CCC[C@H](C#N)CN1CCCN(Cc2ccc(C#N)cc2)CC1. The summed E-state index contributed by atoms with van der Waals surface area (Å²) in [6.45, 7) is 5.66. The zero-order valence-electron chi connectivity index (χ0n) is 14.0. The molecule has 0 aliphatic carbocycles. The molecule has 0 saturated carbocycles. The van der Waals surface area contributed by atoms with E-state index in [1.165, 1.54) is 5.56 Å². The van der Waals surface area contributed by atoms with E-state index in [9.17, 15) is 5.26 Å². The molecule has 1 aromatic carbocycles. The van der Waals surface area contributed by atoms with Crippen LogP contribution in [0.3, 0.4) is 0 Å². The highest BCUT2D eigenvalue weighted by atomic mass is 15.2. The predicted octanol–water partition coefficient (Wildman–Crippen LogP) is 2.51. The van der Waals surface area contributed by atoms with Crippen molar-refractivity contribution in [3.8, 4) is 18.2 Å². The van der Waals surface area contributed by atoms with E-state index in [-0.39, 0.29) is 5.92 Å². The number of nitrogens with zero attached hydrogens (tertiary/aromatic N) is 5. The Kier molecular flexibility index (Phi) is 7.24. The zero-order chi connectivity index (χ0) is 17.2. The van der Waals surface area contributed by atoms with E-state index in [1.54, 1.807) is 0 Å². The lowest BCUT2D eigenvalue weighted by atomic mass is 10.0. The molecule has 0 bridgehead atoms. The Morgan fingerprint density at radius 2 is 1.67 bits per heavy atom. The maximum Gasteiger partial charge on any atom is 0.0991 e. The average molecular weight is 321 g/mol. The minimum Gasteiger partial charge on any atom is -0.301 e. The third-order valence-electron chi connectivity index (χ3n) is 4.44. The first kappa shape index (κ1) is 18.0. The van der Waals surface area contributed by atoms with E-state index in [4.69, 9.17) is 10.5 Å². The van der Waals surface area contributed by atoms with Gasteiger partial charge in [0, 0.05) is 32.6 Å². The molecular weight excluding hydrogens is 298 g/mol. The van der Waals surface area contributed by atoms with Crippen molar-refractivity contribution >= 4 is 0 Å². The number of hydrogen-bond donors (Lipinski definition) is 0. The van der Waals surface area contributed by atoms with E-state index in [0.29, 0.717) is 18.4 Å². The van der Waals surface area contributed by atoms with Crippen LogP contribution in [0.2, 0.25) is 0 Å². The first-order valence-corrected chi connectivity index (χ1v) is 8.45. The van der Waals surface area contributed by atoms with E-state index in [1.807, 2.05) is 24.3 Å². The topological polar surface area (TPSA) is 77.8 Å². The Labute approximate surface area is 144 Å². The monoisotopic (exact) mass is 321 g/mol. The summed E-state index contributed by atoms with van der Waals surface area (Å²) in [5.74, 6) is -0.0465. The Bertz CT molecular complexity index is 632. The lowest BCUT2D eigenvalue weighted by Gasteiger charge is -2.23. The molecule has 5 nitrogen and oxygen atoms in total. The molecule has 1 aliphatic rings. The van der Waals surface area contributed by atoms with Gasteiger partial charge in [-0.15, -0.1) is 0 Å².